The van der Waals surface area contributed by atoms with Gasteiger partial charge in [-0.25, -0.2) is 0 Å². The molecule has 7 nitrogen and oxygen atoms in total. The predicted octanol–water partition coefficient (Wildman–Crippen LogP) is 2.63. The standard InChI is InChI=1S/C22H17N5O2/c28-20(15-6-2-1-3-7-15)26-22(21(29)25-19-14-23-10-11-27(19)22)12-16-13-24-18-9-5-4-8-17(16)18/h1-11,13-14,24H,12H2,(H,26,28). The Labute approximate surface area is 166 Å². The van der Waals surface area contributed by atoms with Crippen LogP contribution in [-0.2, 0) is 11.2 Å². The van der Waals surface area contributed by atoms with Crippen LogP contribution < -0.4 is 5.32 Å². The molecule has 0 saturated heterocycles. The second-order valence-electron chi connectivity index (χ2n) is 6.94. The van der Waals surface area contributed by atoms with Gasteiger partial charge in [0, 0.05) is 41.5 Å². The maximum absolute atomic E-state index is 13.1. The number of aliphatic imine (C=N–C) groups is 2. The van der Waals surface area contributed by atoms with Crippen LogP contribution in [0.5, 0.6) is 0 Å². The van der Waals surface area contributed by atoms with Crippen LogP contribution in [0.2, 0.25) is 0 Å². The number of benzene rings is 2. The number of aromatic amines is 1. The molecule has 2 aliphatic heterocycles. The summed E-state index contributed by atoms with van der Waals surface area (Å²) < 4.78 is 0. The van der Waals surface area contributed by atoms with E-state index in [1.54, 1.807) is 41.6 Å². The molecule has 0 radical (unpaired) electrons. The number of H-pyrrole nitrogens is 1. The highest BCUT2D eigenvalue weighted by molar-refractivity contribution is 6.35. The number of hydrogen-bond donors (Lipinski definition) is 2. The Bertz CT molecular complexity index is 1210. The van der Waals surface area contributed by atoms with Crippen molar-refractivity contribution < 1.29 is 9.59 Å². The van der Waals surface area contributed by atoms with Crippen molar-refractivity contribution in [1.29, 1.82) is 0 Å². The van der Waals surface area contributed by atoms with Crippen molar-refractivity contribution in [3.63, 3.8) is 0 Å². The van der Waals surface area contributed by atoms with E-state index in [0.717, 1.165) is 16.5 Å². The minimum absolute atomic E-state index is 0.250. The van der Waals surface area contributed by atoms with Gasteiger partial charge < -0.3 is 10.3 Å². The molecule has 2 N–H and O–H groups in total. The third-order valence-corrected chi connectivity index (χ3v) is 5.20. The van der Waals surface area contributed by atoms with E-state index in [1.165, 1.54) is 6.21 Å². The van der Waals surface area contributed by atoms with E-state index in [0.29, 0.717) is 11.4 Å². The van der Waals surface area contributed by atoms with Gasteiger partial charge in [-0.1, -0.05) is 36.4 Å². The van der Waals surface area contributed by atoms with Gasteiger partial charge in [-0.05, 0) is 23.8 Å². The first-order chi connectivity index (χ1) is 14.2. The lowest BCUT2D eigenvalue weighted by atomic mass is 9.96. The van der Waals surface area contributed by atoms with Gasteiger partial charge in [-0.3, -0.25) is 19.5 Å². The van der Waals surface area contributed by atoms with E-state index >= 15 is 0 Å². The number of carbonyl (C=O) groups excluding carboxylic acids is 2. The number of aromatic nitrogens is 1. The summed E-state index contributed by atoms with van der Waals surface area (Å²) in [5.41, 5.74) is 0.988. The van der Waals surface area contributed by atoms with Crippen molar-refractivity contribution in [3.05, 3.63) is 84.3 Å². The van der Waals surface area contributed by atoms with Gasteiger partial charge in [0.2, 0.25) is 5.66 Å². The molecule has 1 aromatic heterocycles. The summed E-state index contributed by atoms with van der Waals surface area (Å²) in [6.07, 6.45) is 6.89. The summed E-state index contributed by atoms with van der Waals surface area (Å²) >= 11 is 0. The highest BCUT2D eigenvalue weighted by Gasteiger charge is 2.51. The van der Waals surface area contributed by atoms with Gasteiger partial charge in [-0.2, -0.15) is 4.99 Å². The van der Waals surface area contributed by atoms with Crippen molar-refractivity contribution >= 4 is 34.8 Å². The van der Waals surface area contributed by atoms with Crippen molar-refractivity contribution in [1.82, 2.24) is 15.2 Å². The lowest BCUT2D eigenvalue weighted by Gasteiger charge is -2.36. The minimum Gasteiger partial charge on any atom is -0.361 e. The summed E-state index contributed by atoms with van der Waals surface area (Å²) in [5.74, 6) is -0.364. The van der Waals surface area contributed by atoms with E-state index in [-0.39, 0.29) is 12.3 Å². The summed E-state index contributed by atoms with van der Waals surface area (Å²) in [4.78, 5) is 39.3. The molecule has 0 fully saturated rings. The summed E-state index contributed by atoms with van der Waals surface area (Å²) in [7, 11) is 0. The Hall–Kier alpha value is -4.00. The molecule has 0 aliphatic carbocycles. The highest BCUT2D eigenvalue weighted by atomic mass is 16.2. The lowest BCUT2D eigenvalue weighted by molar-refractivity contribution is -0.126. The molecule has 3 heterocycles. The molecule has 7 heteroatoms. The summed E-state index contributed by atoms with van der Waals surface area (Å²) in [5, 5.41) is 3.95. The number of rotatable bonds is 4. The van der Waals surface area contributed by atoms with E-state index < -0.39 is 11.6 Å². The summed E-state index contributed by atoms with van der Waals surface area (Å²) in [6.45, 7) is 0. The molecule has 2 amide bonds. The normalized spacial score (nSPS) is 20.1. The van der Waals surface area contributed by atoms with E-state index in [4.69, 9.17) is 0 Å². The minimum atomic E-state index is -1.36. The molecular weight excluding hydrogens is 366 g/mol. The average Bonchev–Trinajstić information content (AvgIpc) is 3.28. The Morgan fingerprint density at radius 3 is 2.76 bits per heavy atom. The molecular formula is C22H17N5O2. The molecule has 29 heavy (non-hydrogen) atoms. The number of amides is 2. The zero-order valence-electron chi connectivity index (χ0n) is 15.4. The fraction of sp³-hybridized carbons (Fsp3) is 0.0909. The first-order valence-electron chi connectivity index (χ1n) is 9.22. The predicted molar refractivity (Wildman–Crippen MR) is 111 cm³/mol. The largest absolute Gasteiger partial charge is 0.361 e. The molecule has 0 spiro atoms. The fourth-order valence-corrected chi connectivity index (χ4v) is 3.78. The van der Waals surface area contributed by atoms with Gasteiger partial charge in [0.05, 0.1) is 6.21 Å². The Morgan fingerprint density at radius 2 is 1.90 bits per heavy atom. The molecule has 5 rings (SSSR count). The van der Waals surface area contributed by atoms with Crippen molar-refractivity contribution in [2.75, 3.05) is 0 Å². The molecule has 0 bridgehead atoms. The number of hydrogen-bond acceptors (Lipinski definition) is 4. The molecule has 142 valence electrons. The number of nitrogens with zero attached hydrogens (tertiary/aromatic N) is 3. The van der Waals surface area contributed by atoms with Crippen LogP contribution in [0.1, 0.15) is 15.9 Å². The monoisotopic (exact) mass is 383 g/mol. The van der Waals surface area contributed by atoms with Crippen molar-refractivity contribution in [2.45, 2.75) is 12.1 Å². The highest BCUT2D eigenvalue weighted by Crippen LogP contribution is 2.31. The Morgan fingerprint density at radius 1 is 1.10 bits per heavy atom. The maximum atomic E-state index is 13.1. The van der Waals surface area contributed by atoms with Gasteiger partial charge in [-0.15, -0.1) is 0 Å². The molecule has 3 aromatic rings. The third-order valence-electron chi connectivity index (χ3n) is 5.20. The Kier molecular flexibility index (Phi) is 3.87. The van der Waals surface area contributed by atoms with E-state index in [1.807, 2.05) is 36.5 Å². The molecule has 0 saturated carbocycles. The van der Waals surface area contributed by atoms with Crippen LogP contribution in [-0.4, -0.2) is 39.4 Å². The molecule has 2 aliphatic rings. The third kappa shape index (κ3) is 2.75. The zero-order chi connectivity index (χ0) is 19.8. The number of para-hydroxylation sites is 1. The SMILES string of the molecule is O=C(NC1(Cc2c[nH]c3ccccc23)C(=O)N=C2C=NC=CN21)c1ccccc1. The Balaban J connectivity index is 1.58. The van der Waals surface area contributed by atoms with E-state index in [9.17, 15) is 9.59 Å². The second-order valence-corrected chi connectivity index (χ2v) is 6.94. The first kappa shape index (κ1) is 17.1. The maximum Gasteiger partial charge on any atom is 0.295 e. The fourth-order valence-electron chi connectivity index (χ4n) is 3.78. The molecule has 2 aromatic carbocycles. The van der Waals surface area contributed by atoms with Gasteiger partial charge >= 0.3 is 0 Å². The van der Waals surface area contributed by atoms with E-state index in [2.05, 4.69) is 20.3 Å². The van der Waals surface area contributed by atoms with Gasteiger partial charge in [0.1, 0.15) is 0 Å². The number of fused-ring (bicyclic) bond motifs is 2. The first-order valence-corrected chi connectivity index (χ1v) is 9.22. The average molecular weight is 383 g/mol. The van der Waals surface area contributed by atoms with Crippen LogP contribution in [0.3, 0.4) is 0 Å². The van der Waals surface area contributed by atoms with Crippen molar-refractivity contribution in [2.24, 2.45) is 9.98 Å². The second kappa shape index (κ2) is 6.56. The van der Waals surface area contributed by atoms with Crippen LogP contribution in [0.15, 0.2) is 83.2 Å². The van der Waals surface area contributed by atoms with Crippen LogP contribution >= 0.6 is 0 Å². The van der Waals surface area contributed by atoms with Crippen LogP contribution in [0, 0.1) is 0 Å². The van der Waals surface area contributed by atoms with Gasteiger partial charge in [0.25, 0.3) is 11.8 Å². The molecule has 1 atom stereocenters. The number of amidine groups is 1. The quantitative estimate of drug-likeness (QED) is 0.726. The van der Waals surface area contributed by atoms with Crippen LogP contribution in [0.25, 0.3) is 10.9 Å². The zero-order valence-corrected chi connectivity index (χ0v) is 15.4. The lowest BCUT2D eigenvalue weighted by Crippen LogP contribution is -2.63. The topological polar surface area (TPSA) is 89.9 Å². The summed E-state index contributed by atoms with van der Waals surface area (Å²) in [6, 6.07) is 16.7. The number of nitrogens with one attached hydrogen (secondary N) is 2. The number of carbonyl (C=O) groups is 2. The molecule has 1 unspecified atom stereocenters. The van der Waals surface area contributed by atoms with Gasteiger partial charge in [0.15, 0.2) is 5.84 Å². The van der Waals surface area contributed by atoms with Crippen LogP contribution in [0.4, 0.5) is 0 Å². The van der Waals surface area contributed by atoms with Crippen molar-refractivity contribution in [3.8, 4) is 0 Å². The smallest absolute Gasteiger partial charge is 0.295 e.